The van der Waals surface area contributed by atoms with Crippen LogP contribution in [0.3, 0.4) is 0 Å². The molecule has 0 atom stereocenters. The quantitative estimate of drug-likeness (QED) is 0.275. The van der Waals surface area contributed by atoms with E-state index in [2.05, 4.69) is 0 Å². The van der Waals surface area contributed by atoms with Gasteiger partial charge in [0.15, 0.2) is 0 Å². The van der Waals surface area contributed by atoms with Crippen LogP contribution >= 0.6 is 0 Å². The Morgan fingerprint density at radius 1 is 0.697 bits per heavy atom. The van der Waals surface area contributed by atoms with E-state index in [4.69, 9.17) is 41.2 Å². The van der Waals surface area contributed by atoms with Crippen LogP contribution in [0.15, 0.2) is 54.6 Å². The highest BCUT2D eigenvalue weighted by Crippen LogP contribution is 2.28. The molecule has 0 amide bonds. The lowest BCUT2D eigenvalue weighted by atomic mass is 10.1. The van der Waals surface area contributed by atoms with Gasteiger partial charge in [0.05, 0.1) is 14.2 Å². The number of amidine groups is 2. The fourth-order valence-electron chi connectivity index (χ4n) is 3.27. The van der Waals surface area contributed by atoms with E-state index >= 15 is 0 Å². The summed E-state index contributed by atoms with van der Waals surface area (Å²) in [6, 6.07) is 16.3. The lowest BCUT2D eigenvalue weighted by Gasteiger charge is -2.14. The number of ether oxygens (including phenoxy) is 4. The maximum Gasteiger partial charge on any atom is 0.126 e. The predicted octanol–water partition coefficient (Wildman–Crippen LogP) is 3.74. The molecule has 0 spiro atoms. The fraction of sp³-hybridized carbons (Fsp3) is 0.200. The molecular formula is C25H28N4O4. The lowest BCUT2D eigenvalue weighted by molar-refractivity contribution is 0.282. The molecule has 3 aromatic rings. The van der Waals surface area contributed by atoms with Crippen LogP contribution in [0.5, 0.6) is 23.0 Å². The molecule has 0 radical (unpaired) electrons. The molecule has 33 heavy (non-hydrogen) atoms. The third-order valence-electron chi connectivity index (χ3n) is 5.01. The van der Waals surface area contributed by atoms with E-state index in [-0.39, 0.29) is 24.9 Å². The average molecular weight is 449 g/mol. The predicted molar refractivity (Wildman–Crippen MR) is 128 cm³/mol. The first-order chi connectivity index (χ1) is 15.8. The number of nitrogen functional groups attached to an aromatic ring is 2. The molecule has 6 N–H and O–H groups in total. The summed E-state index contributed by atoms with van der Waals surface area (Å²) in [5.74, 6) is 2.48. The summed E-state index contributed by atoms with van der Waals surface area (Å²) in [6.07, 6.45) is 0. The van der Waals surface area contributed by atoms with Crippen molar-refractivity contribution in [1.82, 2.24) is 0 Å². The minimum absolute atomic E-state index is 0.0196. The number of methoxy groups -OCH3 is 2. The van der Waals surface area contributed by atoms with Gasteiger partial charge in [0, 0.05) is 28.3 Å². The van der Waals surface area contributed by atoms with Crippen molar-refractivity contribution in [3.05, 3.63) is 82.4 Å². The number of hydrogen-bond donors (Lipinski definition) is 4. The molecule has 0 aromatic heterocycles. The van der Waals surface area contributed by atoms with Crippen LogP contribution in [-0.4, -0.2) is 25.9 Å². The molecule has 0 fully saturated rings. The highest BCUT2D eigenvalue weighted by molar-refractivity contribution is 5.95. The highest BCUT2D eigenvalue weighted by atomic mass is 16.5. The van der Waals surface area contributed by atoms with E-state index in [9.17, 15) is 0 Å². The Morgan fingerprint density at radius 3 is 1.48 bits per heavy atom. The molecule has 0 unspecified atom stereocenters. The van der Waals surface area contributed by atoms with Crippen LogP contribution in [-0.2, 0) is 13.2 Å². The largest absolute Gasteiger partial charge is 0.496 e. The smallest absolute Gasteiger partial charge is 0.126 e. The zero-order valence-corrected chi connectivity index (χ0v) is 18.9. The first-order valence-corrected chi connectivity index (χ1v) is 10.2. The van der Waals surface area contributed by atoms with Crippen LogP contribution in [0.2, 0.25) is 0 Å². The van der Waals surface area contributed by atoms with Gasteiger partial charge in [-0.15, -0.1) is 0 Å². The molecule has 8 heteroatoms. The Morgan fingerprint density at radius 2 is 1.12 bits per heavy atom. The lowest BCUT2D eigenvalue weighted by Crippen LogP contribution is -2.11. The second kappa shape index (κ2) is 10.4. The molecule has 0 saturated heterocycles. The Bertz CT molecular complexity index is 1090. The van der Waals surface area contributed by atoms with Gasteiger partial charge in [-0.25, -0.2) is 0 Å². The minimum Gasteiger partial charge on any atom is -0.496 e. The maximum absolute atomic E-state index is 7.57. The summed E-state index contributed by atoms with van der Waals surface area (Å²) < 4.78 is 22.8. The molecule has 3 rings (SSSR count). The summed E-state index contributed by atoms with van der Waals surface area (Å²) in [4.78, 5) is 0. The number of rotatable bonds is 10. The molecule has 0 aliphatic rings. The monoisotopic (exact) mass is 448 g/mol. The topological polar surface area (TPSA) is 137 Å². The summed E-state index contributed by atoms with van der Waals surface area (Å²) in [7, 11) is 3.14. The van der Waals surface area contributed by atoms with Crippen molar-refractivity contribution in [2.45, 2.75) is 20.1 Å². The van der Waals surface area contributed by atoms with Gasteiger partial charge in [0.2, 0.25) is 0 Å². The molecule has 8 nitrogen and oxygen atoms in total. The van der Waals surface area contributed by atoms with Crippen molar-refractivity contribution in [2.24, 2.45) is 11.5 Å². The third kappa shape index (κ3) is 5.94. The van der Waals surface area contributed by atoms with Crippen molar-refractivity contribution < 1.29 is 18.9 Å². The molecular weight excluding hydrogens is 420 g/mol. The second-order valence-corrected chi connectivity index (χ2v) is 7.44. The summed E-state index contributed by atoms with van der Waals surface area (Å²) in [5.41, 5.74) is 14.9. The van der Waals surface area contributed by atoms with Crippen LogP contribution in [0, 0.1) is 17.7 Å². The van der Waals surface area contributed by atoms with Crippen LogP contribution in [0.1, 0.15) is 27.8 Å². The van der Waals surface area contributed by atoms with Crippen molar-refractivity contribution in [1.29, 1.82) is 10.8 Å². The Balaban J connectivity index is 1.72. The molecule has 3 aromatic carbocycles. The SMILES string of the molecule is COc1cc(C(=N)N)ccc1COc1cc(C)cc(OCc2ccc(C(=N)N)cc2OC)c1. The maximum atomic E-state index is 7.57. The van der Waals surface area contributed by atoms with E-state index in [0.717, 1.165) is 16.7 Å². The van der Waals surface area contributed by atoms with Gasteiger partial charge in [-0.3, -0.25) is 10.8 Å². The zero-order valence-electron chi connectivity index (χ0n) is 18.9. The highest BCUT2D eigenvalue weighted by Gasteiger charge is 2.10. The van der Waals surface area contributed by atoms with Crippen molar-refractivity contribution in [3.8, 4) is 23.0 Å². The van der Waals surface area contributed by atoms with E-state index in [1.54, 1.807) is 38.5 Å². The van der Waals surface area contributed by atoms with Crippen molar-refractivity contribution in [3.63, 3.8) is 0 Å². The van der Waals surface area contributed by atoms with Crippen LogP contribution < -0.4 is 30.4 Å². The Labute approximate surface area is 193 Å². The molecule has 0 aliphatic heterocycles. The second-order valence-electron chi connectivity index (χ2n) is 7.44. The van der Waals surface area contributed by atoms with E-state index < -0.39 is 0 Å². The standard InChI is InChI=1S/C25H28N4O4/c1-15-8-20(32-13-18-6-4-16(24(26)27)10-22(18)30-2)12-21(9-15)33-14-19-7-5-17(25(28)29)11-23(19)31-3/h4-12H,13-14H2,1-3H3,(H3,26,27)(H3,28,29). The minimum atomic E-state index is -0.0196. The van der Waals surface area contributed by atoms with Crippen molar-refractivity contribution >= 4 is 11.7 Å². The van der Waals surface area contributed by atoms with Crippen LogP contribution in [0.25, 0.3) is 0 Å². The normalized spacial score (nSPS) is 10.4. The molecule has 0 aliphatic carbocycles. The molecule has 172 valence electrons. The summed E-state index contributed by atoms with van der Waals surface area (Å²) >= 11 is 0. The fourth-order valence-corrected chi connectivity index (χ4v) is 3.27. The molecule has 0 heterocycles. The number of nitrogens with two attached hydrogens (primary N) is 2. The number of nitrogens with one attached hydrogen (secondary N) is 2. The van der Waals surface area contributed by atoms with E-state index in [1.807, 2.05) is 37.3 Å². The number of aryl methyl sites for hydroxylation is 1. The molecule has 0 bridgehead atoms. The first kappa shape index (κ1) is 23.5. The van der Waals surface area contributed by atoms with Gasteiger partial charge in [0.25, 0.3) is 0 Å². The zero-order chi connectivity index (χ0) is 24.0. The van der Waals surface area contributed by atoms with Gasteiger partial charge in [-0.1, -0.05) is 24.3 Å². The van der Waals surface area contributed by atoms with E-state index in [1.165, 1.54) is 0 Å². The van der Waals surface area contributed by atoms with Crippen LogP contribution in [0.4, 0.5) is 0 Å². The first-order valence-electron chi connectivity index (χ1n) is 10.2. The van der Waals surface area contributed by atoms with Gasteiger partial charge in [-0.2, -0.15) is 0 Å². The third-order valence-corrected chi connectivity index (χ3v) is 5.01. The summed E-state index contributed by atoms with van der Waals surface area (Å²) in [6.45, 7) is 2.53. The Kier molecular flexibility index (Phi) is 7.40. The van der Waals surface area contributed by atoms with Gasteiger partial charge in [0.1, 0.15) is 47.9 Å². The van der Waals surface area contributed by atoms with Crippen molar-refractivity contribution in [2.75, 3.05) is 14.2 Å². The number of hydrogen-bond acceptors (Lipinski definition) is 6. The van der Waals surface area contributed by atoms with Gasteiger partial charge >= 0.3 is 0 Å². The van der Waals surface area contributed by atoms with Gasteiger partial charge < -0.3 is 30.4 Å². The average Bonchev–Trinajstić information content (AvgIpc) is 2.80. The summed E-state index contributed by atoms with van der Waals surface area (Å²) in [5, 5.41) is 15.1. The van der Waals surface area contributed by atoms with Gasteiger partial charge in [-0.05, 0) is 36.8 Å². The Hall–Kier alpha value is -4.20. The number of benzene rings is 3. The molecule has 0 saturated carbocycles. The van der Waals surface area contributed by atoms with E-state index in [0.29, 0.717) is 34.1 Å².